The molecular formula is C25H29N3O3. The maximum atomic E-state index is 11.3. The van der Waals surface area contributed by atoms with Crippen molar-refractivity contribution in [2.75, 3.05) is 13.7 Å². The van der Waals surface area contributed by atoms with E-state index in [1.54, 1.807) is 25.6 Å². The number of aromatic amines is 1. The highest BCUT2D eigenvalue weighted by Crippen LogP contribution is 2.47. The van der Waals surface area contributed by atoms with Gasteiger partial charge in [0, 0.05) is 18.2 Å². The molecule has 2 atom stereocenters. The molecule has 5 rings (SSSR count). The third-order valence-electron chi connectivity index (χ3n) is 7.13. The molecule has 0 amide bonds. The number of likely N-dealkylation sites (tertiary alicyclic amines) is 1. The number of nitrogens with zero attached hydrogens (tertiary/aromatic N) is 2. The highest BCUT2D eigenvalue weighted by atomic mass is 16.5. The van der Waals surface area contributed by atoms with Gasteiger partial charge in [0.15, 0.2) is 0 Å². The van der Waals surface area contributed by atoms with E-state index in [4.69, 9.17) is 4.74 Å². The van der Waals surface area contributed by atoms with Crippen LogP contribution in [-0.2, 0) is 6.54 Å². The van der Waals surface area contributed by atoms with Crippen LogP contribution in [0, 0.1) is 18.8 Å². The molecule has 162 valence electrons. The molecule has 0 spiro atoms. The monoisotopic (exact) mass is 419 g/mol. The third-order valence-corrected chi connectivity index (χ3v) is 7.13. The summed E-state index contributed by atoms with van der Waals surface area (Å²) in [5.41, 5.74) is 5.81. The van der Waals surface area contributed by atoms with E-state index in [1.165, 1.54) is 24.8 Å². The largest absolute Gasteiger partial charge is 0.496 e. The number of imidazole rings is 1. The number of piperidine rings is 1. The number of H-pyrrole nitrogens is 1. The smallest absolute Gasteiger partial charge is 0.335 e. The summed E-state index contributed by atoms with van der Waals surface area (Å²) in [4.78, 5) is 21.7. The standard InChI is InChI=1S/C25H29N3O3/c1-15-11-22(31-2)20(24-23(15)26-14-27-24)13-28-10-9-19(16-3-4-16)12-21(28)17-5-7-18(8-6-17)25(29)30/h5-8,11,14,16,19,21H,3-4,9-10,12-13H2,1-2H3,(H,26,27)(H,29,30). The molecule has 1 saturated heterocycles. The van der Waals surface area contributed by atoms with Crippen molar-refractivity contribution in [2.24, 2.45) is 11.8 Å². The number of aryl methyl sites for hydroxylation is 1. The number of carbonyl (C=O) groups is 1. The van der Waals surface area contributed by atoms with Gasteiger partial charge in [-0.1, -0.05) is 12.1 Å². The minimum Gasteiger partial charge on any atom is -0.496 e. The normalized spacial score (nSPS) is 22.0. The molecule has 6 nitrogen and oxygen atoms in total. The molecule has 0 radical (unpaired) electrons. The zero-order chi connectivity index (χ0) is 21.5. The number of benzene rings is 2. The van der Waals surface area contributed by atoms with Crippen LogP contribution in [0.1, 0.15) is 58.8 Å². The van der Waals surface area contributed by atoms with Crippen LogP contribution in [0.2, 0.25) is 0 Å². The number of rotatable bonds is 6. The molecule has 0 bridgehead atoms. The highest BCUT2D eigenvalue weighted by Gasteiger charge is 2.38. The van der Waals surface area contributed by atoms with Gasteiger partial charge >= 0.3 is 5.97 Å². The Morgan fingerprint density at radius 1 is 1.23 bits per heavy atom. The number of aromatic carboxylic acids is 1. The van der Waals surface area contributed by atoms with Gasteiger partial charge in [0.25, 0.3) is 0 Å². The minimum absolute atomic E-state index is 0.270. The average Bonchev–Trinajstić information content (AvgIpc) is 3.51. The lowest BCUT2D eigenvalue weighted by Crippen LogP contribution is -2.37. The molecule has 2 aliphatic rings. The number of nitrogens with one attached hydrogen (secondary N) is 1. The second-order valence-corrected chi connectivity index (χ2v) is 9.04. The van der Waals surface area contributed by atoms with Crippen LogP contribution in [-0.4, -0.2) is 39.6 Å². The Morgan fingerprint density at radius 3 is 2.68 bits per heavy atom. The number of methoxy groups -OCH3 is 1. The Morgan fingerprint density at radius 2 is 2.00 bits per heavy atom. The summed E-state index contributed by atoms with van der Waals surface area (Å²) in [6, 6.07) is 9.80. The zero-order valence-electron chi connectivity index (χ0n) is 18.1. The lowest BCUT2D eigenvalue weighted by atomic mass is 9.83. The van der Waals surface area contributed by atoms with Crippen LogP contribution in [0.5, 0.6) is 5.75 Å². The minimum atomic E-state index is -0.881. The van der Waals surface area contributed by atoms with Gasteiger partial charge in [-0.05, 0) is 80.3 Å². The fourth-order valence-corrected chi connectivity index (χ4v) is 5.26. The van der Waals surface area contributed by atoms with E-state index >= 15 is 0 Å². The molecule has 2 heterocycles. The number of hydrogen-bond donors (Lipinski definition) is 2. The first kappa shape index (κ1) is 20.1. The zero-order valence-corrected chi connectivity index (χ0v) is 18.1. The SMILES string of the molecule is COc1cc(C)c2nc[nH]c2c1CN1CCC(C2CC2)CC1c1ccc(C(=O)O)cc1. The maximum Gasteiger partial charge on any atom is 0.335 e. The van der Waals surface area contributed by atoms with E-state index in [9.17, 15) is 9.90 Å². The molecule has 6 heteroatoms. The number of fused-ring (bicyclic) bond motifs is 1. The second-order valence-electron chi connectivity index (χ2n) is 9.04. The molecule has 1 aliphatic heterocycles. The molecule has 1 aromatic heterocycles. The molecule has 2 aromatic carbocycles. The van der Waals surface area contributed by atoms with E-state index < -0.39 is 5.97 Å². The Hall–Kier alpha value is -2.86. The van der Waals surface area contributed by atoms with E-state index in [-0.39, 0.29) is 6.04 Å². The second kappa shape index (κ2) is 8.00. The first-order valence-corrected chi connectivity index (χ1v) is 11.1. The fraction of sp³-hybridized carbons (Fsp3) is 0.440. The topological polar surface area (TPSA) is 78.5 Å². The summed E-state index contributed by atoms with van der Waals surface area (Å²) in [7, 11) is 1.72. The van der Waals surface area contributed by atoms with Crippen LogP contribution < -0.4 is 4.74 Å². The van der Waals surface area contributed by atoms with E-state index in [1.807, 2.05) is 12.1 Å². The van der Waals surface area contributed by atoms with Gasteiger partial charge in [-0.2, -0.15) is 0 Å². The Labute approximate surface area is 182 Å². The highest BCUT2D eigenvalue weighted by molar-refractivity contribution is 5.87. The average molecular weight is 420 g/mol. The summed E-state index contributed by atoms with van der Waals surface area (Å²) in [5, 5.41) is 9.28. The van der Waals surface area contributed by atoms with Gasteiger partial charge in [0.1, 0.15) is 5.75 Å². The van der Waals surface area contributed by atoms with Crippen molar-refractivity contribution < 1.29 is 14.6 Å². The van der Waals surface area contributed by atoms with Crippen LogP contribution >= 0.6 is 0 Å². The van der Waals surface area contributed by atoms with Gasteiger partial charge in [-0.25, -0.2) is 9.78 Å². The van der Waals surface area contributed by atoms with Crippen molar-refractivity contribution in [2.45, 2.75) is 45.2 Å². The third kappa shape index (κ3) is 3.81. The summed E-state index contributed by atoms with van der Waals surface area (Å²) in [5.74, 6) is 1.64. The van der Waals surface area contributed by atoms with Gasteiger partial charge in [-0.3, -0.25) is 4.90 Å². The predicted octanol–water partition coefficient (Wildman–Crippen LogP) is 4.94. The number of hydrogen-bond acceptors (Lipinski definition) is 4. The summed E-state index contributed by atoms with van der Waals surface area (Å²) >= 11 is 0. The van der Waals surface area contributed by atoms with E-state index in [2.05, 4.69) is 27.9 Å². The first-order chi connectivity index (χ1) is 15.0. The molecule has 1 saturated carbocycles. The van der Waals surface area contributed by atoms with E-state index in [0.717, 1.165) is 59.3 Å². The van der Waals surface area contributed by atoms with Crippen LogP contribution in [0.15, 0.2) is 36.7 Å². The molecule has 2 fully saturated rings. The number of carboxylic acids is 1. The molecular weight excluding hydrogens is 390 g/mol. The molecule has 31 heavy (non-hydrogen) atoms. The fourth-order valence-electron chi connectivity index (χ4n) is 5.26. The van der Waals surface area contributed by atoms with Crippen molar-refractivity contribution in [3.8, 4) is 5.75 Å². The number of carboxylic acid groups (broad SMARTS) is 1. The predicted molar refractivity (Wildman–Crippen MR) is 119 cm³/mol. The van der Waals surface area contributed by atoms with Crippen molar-refractivity contribution in [3.63, 3.8) is 0 Å². The quantitative estimate of drug-likeness (QED) is 0.592. The molecule has 1 aliphatic carbocycles. The maximum absolute atomic E-state index is 11.3. The van der Waals surface area contributed by atoms with Gasteiger partial charge < -0.3 is 14.8 Å². The summed E-state index contributed by atoms with van der Waals surface area (Å²) in [6.45, 7) is 3.85. The van der Waals surface area contributed by atoms with Crippen molar-refractivity contribution in [3.05, 3.63) is 58.9 Å². The van der Waals surface area contributed by atoms with Gasteiger partial charge in [-0.15, -0.1) is 0 Å². The molecule has 3 aromatic rings. The lowest BCUT2D eigenvalue weighted by Gasteiger charge is -2.40. The van der Waals surface area contributed by atoms with E-state index in [0.29, 0.717) is 5.56 Å². The Bertz CT molecular complexity index is 1100. The summed E-state index contributed by atoms with van der Waals surface area (Å²) < 4.78 is 5.76. The van der Waals surface area contributed by atoms with Crippen molar-refractivity contribution in [1.82, 2.24) is 14.9 Å². The molecule has 2 N–H and O–H groups in total. The van der Waals surface area contributed by atoms with Gasteiger partial charge in [0.2, 0.25) is 0 Å². The first-order valence-electron chi connectivity index (χ1n) is 11.1. The van der Waals surface area contributed by atoms with Crippen molar-refractivity contribution in [1.29, 1.82) is 0 Å². The molecule has 2 unspecified atom stereocenters. The van der Waals surface area contributed by atoms with Crippen LogP contribution in [0.25, 0.3) is 11.0 Å². The van der Waals surface area contributed by atoms with Crippen LogP contribution in [0.4, 0.5) is 0 Å². The Kier molecular flexibility index (Phi) is 5.18. The number of aromatic nitrogens is 2. The van der Waals surface area contributed by atoms with Crippen molar-refractivity contribution >= 4 is 17.0 Å². The van der Waals surface area contributed by atoms with Gasteiger partial charge in [0.05, 0.1) is 30.0 Å². The number of ether oxygens (including phenoxy) is 1. The lowest BCUT2D eigenvalue weighted by molar-refractivity contribution is 0.0696. The van der Waals surface area contributed by atoms with Crippen LogP contribution in [0.3, 0.4) is 0 Å². The summed E-state index contributed by atoms with van der Waals surface area (Å²) in [6.07, 6.45) is 6.81. The Balaban J connectivity index is 1.49.